The summed E-state index contributed by atoms with van der Waals surface area (Å²) in [5.74, 6) is 2.71. The highest BCUT2D eigenvalue weighted by atomic mass is 16.6. The largest absolute Gasteiger partial charge is 0.415 e. The Kier molecular flexibility index (Phi) is 10.5. The van der Waals surface area contributed by atoms with Gasteiger partial charge in [0.1, 0.15) is 5.65 Å². The minimum Gasteiger partial charge on any atom is -0.402 e. The van der Waals surface area contributed by atoms with E-state index in [0.29, 0.717) is 47.3 Å². The van der Waals surface area contributed by atoms with E-state index in [1.54, 1.807) is 4.52 Å². The smallest absolute Gasteiger partial charge is 0.402 e. The van der Waals surface area contributed by atoms with Crippen molar-refractivity contribution in [2.24, 2.45) is 29.1 Å². The number of hydrogen-bond acceptors (Lipinski definition) is 3. The molecule has 0 radical (unpaired) electrons. The lowest BCUT2D eigenvalue weighted by Crippen LogP contribution is -2.48. The number of likely N-dealkylation sites (tertiary alicyclic amines) is 1. The maximum absolute atomic E-state index is 14.0. The lowest BCUT2D eigenvalue weighted by Gasteiger charge is -2.47. The number of nitrogens with zero attached hydrogens (tertiary/aromatic N) is 4. The molecule has 270 valence electrons. The van der Waals surface area contributed by atoms with E-state index in [0.717, 1.165) is 55.2 Å². The second-order valence-corrected chi connectivity index (χ2v) is 17.1. The van der Waals surface area contributed by atoms with Gasteiger partial charge in [0.2, 0.25) is 5.88 Å². The summed E-state index contributed by atoms with van der Waals surface area (Å²) in [6.07, 6.45) is 8.81. The number of hydrogen-bond donors (Lipinski definition) is 1. The fourth-order valence-corrected chi connectivity index (χ4v) is 9.19. The number of nitrogens with one attached hydrogen (secondary N) is 1. The van der Waals surface area contributed by atoms with Crippen molar-refractivity contribution in [1.82, 2.24) is 19.5 Å². The minimum absolute atomic E-state index is 0.0711. The molecular weight excluding hydrogens is 631 g/mol. The predicted molar refractivity (Wildman–Crippen MR) is 207 cm³/mol. The van der Waals surface area contributed by atoms with Crippen LogP contribution in [0, 0.1) is 42.6 Å². The Hall–Kier alpha value is -4.31. The average molecular weight is 688 g/mol. The summed E-state index contributed by atoms with van der Waals surface area (Å²) < 4.78 is 8.11. The number of H-pyrrole nitrogens is 1. The summed E-state index contributed by atoms with van der Waals surface area (Å²) >= 11 is 0. The monoisotopic (exact) mass is 687 g/mol. The number of aromatic nitrogens is 3. The van der Waals surface area contributed by atoms with Crippen LogP contribution in [0.5, 0.6) is 5.88 Å². The normalized spacial score (nSPS) is 24.0. The van der Waals surface area contributed by atoms with E-state index >= 15 is 0 Å². The Labute approximate surface area is 305 Å². The third-order valence-corrected chi connectivity index (χ3v) is 11.5. The third-order valence-electron chi connectivity index (χ3n) is 11.5. The maximum atomic E-state index is 14.0. The molecule has 7 heteroatoms. The van der Waals surface area contributed by atoms with Gasteiger partial charge in [-0.1, -0.05) is 81.3 Å². The van der Waals surface area contributed by atoms with Gasteiger partial charge < -0.3 is 9.64 Å². The molecule has 1 aliphatic carbocycles. The number of rotatable bonds is 7. The second kappa shape index (κ2) is 14.7. The molecule has 6 atom stereocenters. The highest BCUT2D eigenvalue weighted by Gasteiger charge is 2.42. The van der Waals surface area contributed by atoms with Crippen molar-refractivity contribution < 1.29 is 9.53 Å². The first-order chi connectivity index (χ1) is 24.2. The summed E-state index contributed by atoms with van der Waals surface area (Å²) in [6.45, 7) is 28.6. The molecule has 6 unspecified atom stereocenters. The molecule has 1 amide bonds. The molecule has 4 aromatic rings. The first kappa shape index (κ1) is 36.5. The topological polar surface area (TPSA) is 67.0 Å². The molecule has 7 nitrogen and oxygen atoms in total. The van der Waals surface area contributed by atoms with Gasteiger partial charge in [-0.15, -0.1) is 0 Å². The van der Waals surface area contributed by atoms with Crippen LogP contribution < -0.4 is 4.74 Å². The number of piperidine rings is 1. The van der Waals surface area contributed by atoms with E-state index in [2.05, 4.69) is 121 Å². The van der Waals surface area contributed by atoms with Gasteiger partial charge in [-0.3, -0.25) is 5.10 Å². The summed E-state index contributed by atoms with van der Waals surface area (Å²) in [6, 6.07) is 17.2. The molecule has 6 rings (SSSR count). The molecule has 2 aromatic heterocycles. The first-order valence-corrected chi connectivity index (χ1v) is 19.0. The van der Waals surface area contributed by atoms with E-state index in [9.17, 15) is 4.79 Å². The van der Waals surface area contributed by atoms with Gasteiger partial charge in [-0.05, 0) is 132 Å². The molecule has 1 N–H and O–H groups in total. The summed E-state index contributed by atoms with van der Waals surface area (Å²) in [7, 11) is 0. The van der Waals surface area contributed by atoms with Crippen LogP contribution in [0.25, 0.3) is 21.9 Å². The number of allylic oxidation sites excluding steroid dienone is 2. The number of ether oxygens (including phenoxy) is 1. The number of carbonyl (C=O) groups excluding carboxylic acids is 1. The standard InChI is InChI=1S/C44H57N5O2/c1-27(2)19-34-21-29(4)23-38(44(7,8)9)36(34)26-37-39(45-10)42(51-43(50)48-30(5)15-14-16-31(48)6)49-41(37)46-40(47-49)35-22-28(3)20-33(25-35)24-32-17-12-11-13-18-32/h11-13,17-20,22,25,29-31,34,36,38H,14-16,21,23-24,26H2,1-9H3,(H,46,47). The predicted octanol–water partition coefficient (Wildman–Crippen LogP) is 11.4. The number of fused-ring (bicyclic) bond motifs is 1. The fourth-order valence-electron chi connectivity index (χ4n) is 9.19. The van der Waals surface area contributed by atoms with Gasteiger partial charge in [-0.2, -0.15) is 0 Å². The van der Waals surface area contributed by atoms with Crippen LogP contribution in [0.3, 0.4) is 0 Å². The quantitative estimate of drug-likeness (QED) is 0.155. The van der Waals surface area contributed by atoms with E-state index in [-0.39, 0.29) is 23.4 Å². The summed E-state index contributed by atoms with van der Waals surface area (Å²) in [5, 5.41) is 3.51. The number of amides is 1. The van der Waals surface area contributed by atoms with Crippen molar-refractivity contribution in [2.45, 2.75) is 119 Å². The Bertz CT molecular complexity index is 1920. The van der Waals surface area contributed by atoms with Crippen molar-refractivity contribution in [2.75, 3.05) is 0 Å². The molecule has 2 aromatic carbocycles. The number of aromatic amines is 1. The highest BCUT2D eigenvalue weighted by Crippen LogP contribution is 2.51. The van der Waals surface area contributed by atoms with Crippen molar-refractivity contribution >= 4 is 17.4 Å². The van der Waals surface area contributed by atoms with E-state index in [1.807, 2.05) is 11.0 Å². The second-order valence-electron chi connectivity index (χ2n) is 17.1. The van der Waals surface area contributed by atoms with Gasteiger partial charge in [0.15, 0.2) is 5.82 Å². The molecule has 1 saturated carbocycles. The van der Waals surface area contributed by atoms with Crippen molar-refractivity contribution in [3.8, 4) is 17.3 Å². The van der Waals surface area contributed by atoms with Crippen LogP contribution in [0.4, 0.5) is 10.5 Å². The van der Waals surface area contributed by atoms with Crippen LogP contribution in [0.15, 0.2) is 60.2 Å². The Morgan fingerprint density at radius 2 is 1.75 bits per heavy atom. The van der Waals surface area contributed by atoms with E-state index < -0.39 is 6.09 Å². The Morgan fingerprint density at radius 3 is 2.39 bits per heavy atom. The van der Waals surface area contributed by atoms with Gasteiger partial charge in [0.05, 0.1) is 6.57 Å². The number of aryl methyl sites for hydroxylation is 1. The van der Waals surface area contributed by atoms with Crippen LogP contribution in [0.2, 0.25) is 0 Å². The maximum Gasteiger partial charge on any atom is 0.415 e. The van der Waals surface area contributed by atoms with Gasteiger partial charge >= 0.3 is 6.09 Å². The van der Waals surface area contributed by atoms with Crippen molar-refractivity contribution in [1.29, 1.82) is 0 Å². The zero-order valence-corrected chi connectivity index (χ0v) is 32.2. The van der Waals surface area contributed by atoms with Crippen LogP contribution in [0.1, 0.15) is 110 Å². The lowest BCUT2D eigenvalue weighted by atomic mass is 9.58. The van der Waals surface area contributed by atoms with E-state index in [1.165, 1.54) is 16.7 Å². The Morgan fingerprint density at radius 1 is 1.04 bits per heavy atom. The summed E-state index contributed by atoms with van der Waals surface area (Å²) in [5.41, 5.74) is 7.92. The molecule has 51 heavy (non-hydrogen) atoms. The lowest BCUT2D eigenvalue weighted by molar-refractivity contribution is 0.0521. The van der Waals surface area contributed by atoms with Crippen LogP contribution in [-0.4, -0.2) is 37.7 Å². The van der Waals surface area contributed by atoms with Crippen LogP contribution in [-0.2, 0) is 12.8 Å². The summed E-state index contributed by atoms with van der Waals surface area (Å²) in [4.78, 5) is 25.2. The van der Waals surface area contributed by atoms with Crippen molar-refractivity contribution in [3.63, 3.8) is 0 Å². The number of benzene rings is 2. The van der Waals surface area contributed by atoms with Gasteiger partial charge in [-0.25, -0.2) is 19.1 Å². The zero-order chi connectivity index (χ0) is 36.6. The SMILES string of the molecule is [C-]#[N+]c1c(CC2C(C=C(C)C)CC(C)CC2C(C)(C)C)c2nc(-c3cc(C)cc(Cc4ccccc4)c3)[nH]n2c1OC(=O)N1C(C)CCCC1C. The van der Waals surface area contributed by atoms with Gasteiger partial charge in [0.25, 0.3) is 5.69 Å². The third kappa shape index (κ3) is 7.81. The highest BCUT2D eigenvalue weighted by molar-refractivity contribution is 5.80. The molecule has 1 aliphatic heterocycles. The molecule has 2 aliphatic rings. The molecule has 2 fully saturated rings. The first-order valence-electron chi connectivity index (χ1n) is 19.0. The molecule has 3 heterocycles. The minimum atomic E-state index is -0.399. The zero-order valence-electron chi connectivity index (χ0n) is 32.2. The van der Waals surface area contributed by atoms with Crippen LogP contribution >= 0.6 is 0 Å². The molecule has 0 spiro atoms. The molecular formula is C44H57N5O2. The molecule has 1 saturated heterocycles. The molecule has 0 bridgehead atoms. The number of carbonyl (C=O) groups is 1. The Balaban J connectivity index is 1.49. The van der Waals surface area contributed by atoms with Gasteiger partial charge in [0, 0.05) is 23.2 Å². The average Bonchev–Trinajstić information content (AvgIpc) is 3.59. The van der Waals surface area contributed by atoms with E-state index in [4.69, 9.17) is 16.3 Å². The van der Waals surface area contributed by atoms with Crippen molar-refractivity contribution in [3.05, 3.63) is 93.9 Å². The fraction of sp³-hybridized carbons (Fsp3) is 0.523.